The third kappa shape index (κ3) is 2.25. The van der Waals surface area contributed by atoms with Crippen LogP contribution < -0.4 is 5.32 Å². The molecule has 1 spiro atoms. The van der Waals surface area contributed by atoms with Gasteiger partial charge >= 0.3 is 0 Å². The van der Waals surface area contributed by atoms with Crippen LogP contribution in [-0.2, 0) is 24.3 Å². The predicted octanol–water partition coefficient (Wildman–Crippen LogP) is 1.94. The van der Waals surface area contributed by atoms with Gasteiger partial charge in [-0.25, -0.2) is 4.98 Å². The van der Waals surface area contributed by atoms with Gasteiger partial charge in [0.1, 0.15) is 17.3 Å². The van der Waals surface area contributed by atoms with Crippen LogP contribution in [0.4, 0.5) is 5.69 Å². The Morgan fingerprint density at radius 1 is 1.28 bits per heavy atom. The number of hydrogen-bond donors (Lipinski definition) is 1. The number of carbonyl (C=O) groups is 2. The molecule has 5 rings (SSSR count). The number of aryl methyl sites for hydroxylation is 2. The largest absolute Gasteiger partial charge is 0.336 e. The van der Waals surface area contributed by atoms with Crippen molar-refractivity contribution < 1.29 is 9.59 Å². The zero-order valence-electron chi connectivity index (χ0n) is 16.6. The third-order valence-corrected chi connectivity index (χ3v) is 6.42. The van der Waals surface area contributed by atoms with Crippen molar-refractivity contribution in [3.05, 3.63) is 65.5 Å². The van der Waals surface area contributed by atoms with E-state index in [0.29, 0.717) is 24.4 Å². The summed E-state index contributed by atoms with van der Waals surface area (Å²) in [5.41, 5.74) is 2.22. The van der Waals surface area contributed by atoms with Crippen LogP contribution in [0.2, 0.25) is 0 Å². The standard InChI is InChI=1S/C21H22N6O2/c1-13-14(12-23-26(13)3)19(28)27-10-8-21(17(27)18-22-9-11-25(18)2)15-6-4-5-7-16(15)24-20(21)29/h4-7,9,11-12,17H,8,10H2,1-3H3,(H,24,29)/t17-,21+/m0/s1. The number of benzene rings is 1. The molecule has 2 amide bonds. The lowest BCUT2D eigenvalue weighted by Gasteiger charge is -2.33. The Bertz CT molecular complexity index is 1150. The molecule has 1 saturated heterocycles. The maximum Gasteiger partial charge on any atom is 0.257 e. The first-order valence-corrected chi connectivity index (χ1v) is 9.63. The molecule has 1 N–H and O–H groups in total. The number of fused-ring (bicyclic) bond motifs is 2. The number of hydrogen-bond acceptors (Lipinski definition) is 4. The van der Waals surface area contributed by atoms with Crippen LogP contribution in [0.25, 0.3) is 0 Å². The molecule has 3 aromatic rings. The number of carbonyl (C=O) groups excluding carboxylic acids is 2. The first-order chi connectivity index (χ1) is 13.9. The highest BCUT2D eigenvalue weighted by Crippen LogP contribution is 2.54. The summed E-state index contributed by atoms with van der Waals surface area (Å²) in [5.74, 6) is 0.492. The number of para-hydroxylation sites is 1. The number of likely N-dealkylation sites (tertiary alicyclic amines) is 1. The number of nitrogens with one attached hydrogen (secondary N) is 1. The number of imidazole rings is 1. The number of anilines is 1. The monoisotopic (exact) mass is 390 g/mol. The molecule has 8 heteroatoms. The normalized spacial score (nSPS) is 22.9. The summed E-state index contributed by atoms with van der Waals surface area (Å²) in [6, 6.07) is 7.23. The van der Waals surface area contributed by atoms with E-state index in [1.54, 1.807) is 22.0 Å². The summed E-state index contributed by atoms with van der Waals surface area (Å²) < 4.78 is 3.58. The molecule has 2 aliphatic heterocycles. The van der Waals surface area contributed by atoms with Crippen LogP contribution in [0, 0.1) is 6.92 Å². The molecule has 0 saturated carbocycles. The van der Waals surface area contributed by atoms with Crippen molar-refractivity contribution in [2.24, 2.45) is 14.1 Å². The molecule has 2 aliphatic rings. The van der Waals surface area contributed by atoms with Gasteiger partial charge in [0.2, 0.25) is 5.91 Å². The SMILES string of the molecule is Cc1c(C(=O)N2CC[C@]3(C(=O)Nc4ccccc43)[C@@H]2c2nccn2C)cnn1C. The number of aromatic nitrogens is 4. The second-order valence-corrected chi connectivity index (χ2v) is 7.79. The van der Waals surface area contributed by atoms with E-state index in [4.69, 9.17) is 0 Å². The van der Waals surface area contributed by atoms with Crippen molar-refractivity contribution in [1.82, 2.24) is 24.2 Å². The lowest BCUT2D eigenvalue weighted by Crippen LogP contribution is -2.43. The molecular formula is C21H22N6O2. The van der Waals surface area contributed by atoms with E-state index >= 15 is 0 Å². The Kier molecular flexibility index (Phi) is 3.68. The Hall–Kier alpha value is -3.42. The van der Waals surface area contributed by atoms with Crippen LogP contribution in [0.1, 0.15) is 39.9 Å². The van der Waals surface area contributed by atoms with E-state index in [2.05, 4.69) is 15.4 Å². The average molecular weight is 390 g/mol. The van der Waals surface area contributed by atoms with Gasteiger partial charge in [0, 0.05) is 44.4 Å². The summed E-state index contributed by atoms with van der Waals surface area (Å²) in [6.07, 6.45) is 5.69. The lowest BCUT2D eigenvalue weighted by molar-refractivity contribution is -0.121. The van der Waals surface area contributed by atoms with Crippen LogP contribution in [-0.4, -0.2) is 42.6 Å². The molecular weight excluding hydrogens is 368 g/mol. The van der Waals surface area contributed by atoms with Crippen LogP contribution >= 0.6 is 0 Å². The van der Waals surface area contributed by atoms with Crippen molar-refractivity contribution in [2.45, 2.75) is 24.8 Å². The maximum absolute atomic E-state index is 13.6. The topological polar surface area (TPSA) is 85.1 Å². The Morgan fingerprint density at radius 2 is 2.07 bits per heavy atom. The highest BCUT2D eigenvalue weighted by molar-refractivity contribution is 6.08. The summed E-state index contributed by atoms with van der Waals surface area (Å²) in [4.78, 5) is 33.2. The maximum atomic E-state index is 13.6. The Morgan fingerprint density at radius 3 is 2.76 bits per heavy atom. The van der Waals surface area contributed by atoms with Gasteiger partial charge in [-0.05, 0) is 25.0 Å². The second-order valence-electron chi connectivity index (χ2n) is 7.79. The molecule has 1 fully saturated rings. The van der Waals surface area contributed by atoms with Crippen molar-refractivity contribution >= 4 is 17.5 Å². The number of amides is 2. The van der Waals surface area contributed by atoms with Crippen molar-refractivity contribution in [1.29, 1.82) is 0 Å². The molecule has 0 radical (unpaired) electrons. The minimum atomic E-state index is -0.860. The van der Waals surface area contributed by atoms with Gasteiger partial charge in [0.25, 0.3) is 5.91 Å². The molecule has 2 aromatic heterocycles. The van der Waals surface area contributed by atoms with Gasteiger partial charge in [0.05, 0.1) is 11.8 Å². The van der Waals surface area contributed by atoms with E-state index in [1.165, 1.54) is 0 Å². The fourth-order valence-electron chi connectivity index (χ4n) is 4.77. The first kappa shape index (κ1) is 17.7. The molecule has 4 heterocycles. The van der Waals surface area contributed by atoms with E-state index < -0.39 is 11.5 Å². The van der Waals surface area contributed by atoms with Gasteiger partial charge in [-0.2, -0.15) is 5.10 Å². The zero-order valence-corrected chi connectivity index (χ0v) is 16.6. The van der Waals surface area contributed by atoms with Gasteiger partial charge in [-0.3, -0.25) is 14.3 Å². The molecule has 0 aliphatic carbocycles. The minimum Gasteiger partial charge on any atom is -0.336 e. The van der Waals surface area contributed by atoms with Gasteiger partial charge < -0.3 is 14.8 Å². The summed E-state index contributed by atoms with van der Waals surface area (Å²) in [6.45, 7) is 2.34. The molecule has 0 unspecified atom stereocenters. The summed E-state index contributed by atoms with van der Waals surface area (Å²) >= 11 is 0. The predicted molar refractivity (Wildman–Crippen MR) is 106 cm³/mol. The average Bonchev–Trinajstić information content (AvgIpc) is 3.45. The number of rotatable bonds is 2. The Balaban J connectivity index is 1.69. The quantitative estimate of drug-likeness (QED) is 0.725. The van der Waals surface area contributed by atoms with Crippen LogP contribution in [0.3, 0.4) is 0 Å². The third-order valence-electron chi connectivity index (χ3n) is 6.42. The fraction of sp³-hybridized carbons (Fsp3) is 0.333. The van der Waals surface area contributed by atoms with Gasteiger partial charge in [-0.15, -0.1) is 0 Å². The van der Waals surface area contributed by atoms with Crippen molar-refractivity contribution in [3.8, 4) is 0 Å². The minimum absolute atomic E-state index is 0.0788. The smallest absolute Gasteiger partial charge is 0.257 e. The van der Waals surface area contributed by atoms with E-state index in [-0.39, 0.29) is 11.8 Å². The highest BCUT2D eigenvalue weighted by Gasteiger charge is 2.60. The Labute approximate surface area is 168 Å². The van der Waals surface area contributed by atoms with Gasteiger partial charge in [-0.1, -0.05) is 18.2 Å². The molecule has 29 heavy (non-hydrogen) atoms. The summed E-state index contributed by atoms with van der Waals surface area (Å²) in [7, 11) is 3.71. The van der Waals surface area contributed by atoms with Crippen molar-refractivity contribution in [2.75, 3.05) is 11.9 Å². The van der Waals surface area contributed by atoms with E-state index in [1.807, 2.05) is 56.0 Å². The highest BCUT2D eigenvalue weighted by atomic mass is 16.2. The van der Waals surface area contributed by atoms with Crippen LogP contribution in [0.15, 0.2) is 42.9 Å². The molecule has 1 aromatic carbocycles. The first-order valence-electron chi connectivity index (χ1n) is 9.63. The van der Waals surface area contributed by atoms with E-state index in [9.17, 15) is 9.59 Å². The zero-order chi connectivity index (χ0) is 20.3. The van der Waals surface area contributed by atoms with Crippen molar-refractivity contribution in [3.63, 3.8) is 0 Å². The van der Waals surface area contributed by atoms with Crippen LogP contribution in [0.5, 0.6) is 0 Å². The molecule has 148 valence electrons. The molecule has 0 bridgehead atoms. The lowest BCUT2D eigenvalue weighted by atomic mass is 9.74. The molecule has 2 atom stereocenters. The summed E-state index contributed by atoms with van der Waals surface area (Å²) in [5, 5.41) is 7.25. The molecule has 8 nitrogen and oxygen atoms in total. The van der Waals surface area contributed by atoms with E-state index in [0.717, 1.165) is 16.9 Å². The number of nitrogens with zero attached hydrogens (tertiary/aromatic N) is 5. The second kappa shape index (κ2) is 6.04. The fourth-order valence-corrected chi connectivity index (χ4v) is 4.77. The van der Waals surface area contributed by atoms with Gasteiger partial charge in [0.15, 0.2) is 0 Å².